The lowest BCUT2D eigenvalue weighted by Gasteiger charge is -2.12. The third-order valence-corrected chi connectivity index (χ3v) is 3.30. The molecule has 1 aromatic rings. The van der Waals surface area contributed by atoms with E-state index in [4.69, 9.17) is 10.5 Å². The molecule has 1 aliphatic rings. The predicted octanol–water partition coefficient (Wildman–Crippen LogP) is 1.29. The third-order valence-electron chi connectivity index (χ3n) is 2.66. The fourth-order valence-corrected chi connectivity index (χ4v) is 2.10. The Balaban J connectivity index is 1.96. The van der Waals surface area contributed by atoms with Crippen molar-refractivity contribution in [3.05, 3.63) is 22.8 Å². The number of carbonyl (C=O) groups excluding carboxylic acids is 1. The monoisotopic (exact) mass is 299 g/mol. The van der Waals surface area contributed by atoms with E-state index in [0.717, 1.165) is 10.9 Å². The van der Waals surface area contributed by atoms with Crippen LogP contribution in [0.25, 0.3) is 0 Å². The van der Waals surface area contributed by atoms with Gasteiger partial charge in [0.15, 0.2) is 0 Å². The van der Waals surface area contributed by atoms with Crippen molar-refractivity contribution < 1.29 is 9.53 Å². The van der Waals surface area contributed by atoms with Crippen molar-refractivity contribution in [1.82, 2.24) is 4.98 Å². The second-order valence-electron chi connectivity index (χ2n) is 3.88. The minimum Gasteiger partial charge on any atom is -0.364 e. The summed E-state index contributed by atoms with van der Waals surface area (Å²) in [4.78, 5) is 16.0. The zero-order valence-corrected chi connectivity index (χ0v) is 10.8. The summed E-state index contributed by atoms with van der Waals surface area (Å²) in [7, 11) is 0. The van der Waals surface area contributed by atoms with Gasteiger partial charge in [0.1, 0.15) is 11.9 Å². The van der Waals surface area contributed by atoms with Crippen molar-refractivity contribution in [1.29, 1.82) is 0 Å². The van der Waals surface area contributed by atoms with Crippen LogP contribution in [0.2, 0.25) is 0 Å². The number of hydrogen-bond donors (Lipinski definition) is 2. The van der Waals surface area contributed by atoms with Gasteiger partial charge < -0.3 is 15.8 Å². The fourth-order valence-electron chi connectivity index (χ4n) is 1.75. The van der Waals surface area contributed by atoms with Crippen LogP contribution in [0.15, 0.2) is 22.8 Å². The van der Waals surface area contributed by atoms with Crippen molar-refractivity contribution in [3.63, 3.8) is 0 Å². The second-order valence-corrected chi connectivity index (χ2v) is 4.74. The molecule has 1 fully saturated rings. The Kier molecular flexibility index (Phi) is 4.09. The first-order valence-electron chi connectivity index (χ1n) is 5.47. The molecular formula is C11H14BrN3O2. The largest absolute Gasteiger partial charge is 0.364 e. The standard InChI is InChI=1S/C11H14BrN3O2/c12-8-2-1-5-14-10(8)15-11(16)9-4-3-7(6-13)17-9/h1-2,5,7,9H,3-4,6,13H2,(H,14,15,16). The maximum absolute atomic E-state index is 11.9. The number of aromatic nitrogens is 1. The van der Waals surface area contributed by atoms with Crippen LogP contribution in [0.4, 0.5) is 5.82 Å². The first-order valence-corrected chi connectivity index (χ1v) is 6.27. The number of nitrogens with two attached hydrogens (primary N) is 1. The molecule has 2 unspecified atom stereocenters. The third kappa shape index (κ3) is 3.02. The average molecular weight is 300 g/mol. The maximum atomic E-state index is 11.9. The lowest BCUT2D eigenvalue weighted by atomic mass is 10.2. The van der Waals surface area contributed by atoms with Crippen molar-refractivity contribution in [3.8, 4) is 0 Å². The van der Waals surface area contributed by atoms with Gasteiger partial charge in [-0.3, -0.25) is 4.79 Å². The number of hydrogen-bond acceptors (Lipinski definition) is 4. The molecular weight excluding hydrogens is 286 g/mol. The number of nitrogens with one attached hydrogen (secondary N) is 1. The Morgan fingerprint density at radius 3 is 3.12 bits per heavy atom. The van der Waals surface area contributed by atoms with Gasteiger partial charge in [0, 0.05) is 12.7 Å². The predicted molar refractivity (Wildman–Crippen MR) is 67.5 cm³/mol. The highest BCUT2D eigenvalue weighted by molar-refractivity contribution is 9.10. The molecule has 92 valence electrons. The van der Waals surface area contributed by atoms with Crippen LogP contribution < -0.4 is 11.1 Å². The molecule has 0 aromatic carbocycles. The average Bonchev–Trinajstić information content (AvgIpc) is 2.81. The summed E-state index contributed by atoms with van der Waals surface area (Å²) in [6.45, 7) is 0.455. The second kappa shape index (κ2) is 5.57. The molecule has 1 aliphatic heterocycles. The van der Waals surface area contributed by atoms with Gasteiger partial charge in [-0.15, -0.1) is 0 Å². The summed E-state index contributed by atoms with van der Waals surface area (Å²) in [6, 6.07) is 3.61. The van der Waals surface area contributed by atoms with Gasteiger partial charge >= 0.3 is 0 Å². The molecule has 3 N–H and O–H groups in total. The SMILES string of the molecule is NCC1CCC(C(=O)Nc2ncccc2Br)O1. The normalized spacial score (nSPS) is 23.6. The van der Waals surface area contributed by atoms with Gasteiger partial charge in [-0.05, 0) is 40.9 Å². The molecule has 0 bridgehead atoms. The number of amides is 1. The lowest BCUT2D eigenvalue weighted by Crippen LogP contribution is -2.30. The molecule has 17 heavy (non-hydrogen) atoms. The van der Waals surface area contributed by atoms with Gasteiger partial charge in [0.2, 0.25) is 0 Å². The van der Waals surface area contributed by atoms with Crippen molar-refractivity contribution >= 4 is 27.7 Å². The van der Waals surface area contributed by atoms with E-state index in [0.29, 0.717) is 18.8 Å². The topological polar surface area (TPSA) is 77.2 Å². The van der Waals surface area contributed by atoms with Gasteiger partial charge in [-0.2, -0.15) is 0 Å². The van der Waals surface area contributed by atoms with E-state index >= 15 is 0 Å². The molecule has 2 heterocycles. The van der Waals surface area contributed by atoms with E-state index in [9.17, 15) is 4.79 Å². The van der Waals surface area contributed by atoms with Crippen molar-refractivity contribution in [2.45, 2.75) is 25.0 Å². The van der Waals surface area contributed by atoms with Crippen molar-refractivity contribution in [2.24, 2.45) is 5.73 Å². The van der Waals surface area contributed by atoms with E-state index in [1.807, 2.05) is 6.07 Å². The minimum atomic E-state index is -0.419. The highest BCUT2D eigenvalue weighted by Gasteiger charge is 2.30. The Hall–Kier alpha value is -0.980. The molecule has 6 heteroatoms. The number of pyridine rings is 1. The smallest absolute Gasteiger partial charge is 0.254 e. The highest BCUT2D eigenvalue weighted by Crippen LogP contribution is 2.22. The molecule has 0 saturated carbocycles. The highest BCUT2D eigenvalue weighted by atomic mass is 79.9. The molecule has 0 aliphatic carbocycles. The number of ether oxygens (including phenoxy) is 1. The number of nitrogens with zero attached hydrogens (tertiary/aromatic N) is 1. The fraction of sp³-hybridized carbons (Fsp3) is 0.455. The number of rotatable bonds is 3. The molecule has 1 saturated heterocycles. The summed E-state index contributed by atoms with van der Waals surface area (Å²) in [5.74, 6) is 0.345. The number of halogens is 1. The van der Waals surface area contributed by atoms with Gasteiger partial charge in [0.05, 0.1) is 10.6 Å². The van der Waals surface area contributed by atoms with E-state index < -0.39 is 6.10 Å². The van der Waals surface area contributed by atoms with Crippen LogP contribution in [0, 0.1) is 0 Å². The van der Waals surface area contributed by atoms with Crippen LogP contribution in [0.1, 0.15) is 12.8 Å². The minimum absolute atomic E-state index is 0.00192. The lowest BCUT2D eigenvalue weighted by molar-refractivity contribution is -0.126. The van der Waals surface area contributed by atoms with E-state index in [1.54, 1.807) is 12.3 Å². The molecule has 1 amide bonds. The Morgan fingerprint density at radius 1 is 1.65 bits per heavy atom. The van der Waals surface area contributed by atoms with E-state index in [1.165, 1.54) is 0 Å². The van der Waals surface area contributed by atoms with E-state index in [2.05, 4.69) is 26.2 Å². The molecule has 5 nitrogen and oxygen atoms in total. The van der Waals surface area contributed by atoms with Gasteiger partial charge in [-0.25, -0.2) is 4.98 Å². The van der Waals surface area contributed by atoms with Crippen LogP contribution in [0.3, 0.4) is 0 Å². The molecule has 2 atom stereocenters. The van der Waals surface area contributed by atoms with Crippen LogP contribution in [-0.4, -0.2) is 29.6 Å². The molecule has 0 radical (unpaired) electrons. The first kappa shape index (κ1) is 12.5. The van der Waals surface area contributed by atoms with Crippen LogP contribution in [-0.2, 0) is 9.53 Å². The summed E-state index contributed by atoms with van der Waals surface area (Å²) in [5.41, 5.74) is 5.50. The van der Waals surface area contributed by atoms with Gasteiger partial charge in [-0.1, -0.05) is 0 Å². The van der Waals surface area contributed by atoms with Crippen LogP contribution >= 0.6 is 15.9 Å². The summed E-state index contributed by atoms with van der Waals surface area (Å²) in [6.07, 6.45) is 2.74. The van der Waals surface area contributed by atoms with Crippen LogP contribution in [0.5, 0.6) is 0 Å². The number of anilines is 1. The summed E-state index contributed by atoms with van der Waals surface area (Å²) in [5, 5.41) is 2.73. The Labute approximate surface area is 108 Å². The Bertz CT molecular complexity index is 413. The van der Waals surface area contributed by atoms with Gasteiger partial charge in [0.25, 0.3) is 5.91 Å². The molecule has 2 rings (SSSR count). The molecule has 0 spiro atoms. The quantitative estimate of drug-likeness (QED) is 0.882. The zero-order chi connectivity index (χ0) is 12.3. The Morgan fingerprint density at radius 2 is 2.47 bits per heavy atom. The van der Waals surface area contributed by atoms with Crippen molar-refractivity contribution in [2.75, 3.05) is 11.9 Å². The van der Waals surface area contributed by atoms with E-state index in [-0.39, 0.29) is 12.0 Å². The summed E-state index contributed by atoms with van der Waals surface area (Å²) >= 11 is 3.32. The zero-order valence-electron chi connectivity index (χ0n) is 9.23. The summed E-state index contributed by atoms with van der Waals surface area (Å²) < 4.78 is 6.26. The number of carbonyl (C=O) groups is 1. The maximum Gasteiger partial charge on any atom is 0.254 e. The first-order chi connectivity index (χ1) is 8.20. The molecule has 1 aromatic heterocycles.